The van der Waals surface area contributed by atoms with Crippen LogP contribution in [0, 0.1) is 11.3 Å². The van der Waals surface area contributed by atoms with E-state index in [2.05, 4.69) is 0 Å². The lowest BCUT2D eigenvalue weighted by molar-refractivity contribution is 0.0743. The largest absolute Gasteiger partial charge is 0.396 e. The second-order valence-corrected chi connectivity index (χ2v) is 8.04. The van der Waals surface area contributed by atoms with Gasteiger partial charge < -0.3 is 25.5 Å². The number of hydrogen-bond acceptors (Lipinski definition) is 5. The minimum Gasteiger partial charge on any atom is -0.396 e. The van der Waals surface area contributed by atoms with E-state index in [0.717, 1.165) is 96.3 Å². The summed E-state index contributed by atoms with van der Waals surface area (Å²) in [4.78, 5) is 0. The SMILES string of the molecule is OCCCCC(CCCCO)C(CCCCO)(CCCCO)CCCCO. The predicted octanol–water partition coefficient (Wildman–Crippen LogP) is 3.40. The van der Waals surface area contributed by atoms with Crippen molar-refractivity contribution in [3.8, 4) is 0 Å². The monoisotopic (exact) mass is 390 g/mol. The van der Waals surface area contributed by atoms with Gasteiger partial charge in [0.25, 0.3) is 0 Å². The van der Waals surface area contributed by atoms with E-state index in [1.807, 2.05) is 0 Å². The lowest BCUT2D eigenvalue weighted by atomic mass is 9.63. The molecule has 27 heavy (non-hydrogen) atoms. The van der Waals surface area contributed by atoms with Gasteiger partial charge in [0.1, 0.15) is 0 Å². The van der Waals surface area contributed by atoms with Crippen LogP contribution in [-0.2, 0) is 0 Å². The Morgan fingerprint density at radius 1 is 0.407 bits per heavy atom. The van der Waals surface area contributed by atoms with Gasteiger partial charge in [0, 0.05) is 33.0 Å². The summed E-state index contributed by atoms with van der Waals surface area (Å²) in [6, 6.07) is 0. The molecule has 0 aliphatic rings. The highest BCUT2D eigenvalue weighted by atomic mass is 16.3. The van der Waals surface area contributed by atoms with Crippen LogP contribution in [0.4, 0.5) is 0 Å². The lowest BCUT2D eigenvalue weighted by Gasteiger charge is -2.43. The zero-order valence-corrected chi connectivity index (χ0v) is 17.5. The van der Waals surface area contributed by atoms with Crippen LogP contribution in [-0.4, -0.2) is 58.6 Å². The van der Waals surface area contributed by atoms with E-state index in [9.17, 15) is 25.5 Å². The summed E-state index contributed by atoms with van der Waals surface area (Å²) in [7, 11) is 0. The van der Waals surface area contributed by atoms with Gasteiger partial charge in [0.05, 0.1) is 0 Å². The maximum Gasteiger partial charge on any atom is 0.0431 e. The summed E-state index contributed by atoms with van der Waals surface area (Å²) in [5.74, 6) is 0.534. The smallest absolute Gasteiger partial charge is 0.0431 e. The first-order chi connectivity index (χ1) is 13.2. The van der Waals surface area contributed by atoms with Gasteiger partial charge in [-0.1, -0.05) is 32.1 Å². The van der Waals surface area contributed by atoms with Crippen LogP contribution in [0.3, 0.4) is 0 Å². The van der Waals surface area contributed by atoms with Crippen LogP contribution < -0.4 is 0 Å². The molecule has 0 aliphatic carbocycles. The third-order valence-corrected chi connectivity index (χ3v) is 6.04. The van der Waals surface area contributed by atoms with Crippen LogP contribution in [0.15, 0.2) is 0 Å². The average Bonchev–Trinajstić information content (AvgIpc) is 2.67. The van der Waals surface area contributed by atoms with Crippen LogP contribution in [0.25, 0.3) is 0 Å². The van der Waals surface area contributed by atoms with Gasteiger partial charge in [-0.3, -0.25) is 0 Å². The molecular formula is C22H46O5. The second-order valence-electron chi connectivity index (χ2n) is 8.04. The molecule has 0 saturated carbocycles. The summed E-state index contributed by atoms with van der Waals surface area (Å²) in [5.41, 5.74) is 0.171. The molecule has 0 spiro atoms. The molecule has 0 aromatic rings. The summed E-state index contributed by atoms with van der Waals surface area (Å²) >= 11 is 0. The van der Waals surface area contributed by atoms with E-state index in [1.165, 1.54) is 0 Å². The van der Waals surface area contributed by atoms with Gasteiger partial charge in [0.15, 0.2) is 0 Å². The average molecular weight is 391 g/mol. The molecule has 0 aliphatic heterocycles. The standard InChI is InChI=1S/C22H46O5/c23-16-6-1-11-21(12-2-7-17-24)22(13-3-8-18-25,14-4-9-19-26)15-5-10-20-27/h21,23-27H,1-20H2. The highest BCUT2D eigenvalue weighted by Gasteiger charge is 2.36. The number of aliphatic hydroxyl groups is 5. The van der Waals surface area contributed by atoms with Crippen LogP contribution in [0.5, 0.6) is 0 Å². The third-order valence-electron chi connectivity index (χ3n) is 6.04. The van der Waals surface area contributed by atoms with Gasteiger partial charge in [-0.15, -0.1) is 0 Å². The fraction of sp³-hybridized carbons (Fsp3) is 1.00. The normalized spacial score (nSPS) is 12.2. The van der Waals surface area contributed by atoms with E-state index in [1.54, 1.807) is 0 Å². The van der Waals surface area contributed by atoms with E-state index < -0.39 is 0 Å². The molecule has 164 valence electrons. The maximum absolute atomic E-state index is 9.25. The molecule has 0 aromatic carbocycles. The quantitative estimate of drug-likeness (QED) is 0.193. The van der Waals surface area contributed by atoms with Gasteiger partial charge >= 0.3 is 0 Å². The second kappa shape index (κ2) is 19.1. The minimum atomic E-state index is 0.171. The third kappa shape index (κ3) is 12.8. The highest BCUT2D eigenvalue weighted by Crippen LogP contribution is 2.47. The Balaban J connectivity index is 5.31. The number of aliphatic hydroxyl groups excluding tert-OH is 5. The minimum absolute atomic E-state index is 0.171. The predicted molar refractivity (Wildman–Crippen MR) is 111 cm³/mol. The molecule has 0 radical (unpaired) electrons. The van der Waals surface area contributed by atoms with E-state index in [-0.39, 0.29) is 38.4 Å². The van der Waals surface area contributed by atoms with Gasteiger partial charge in [0.2, 0.25) is 0 Å². The lowest BCUT2D eigenvalue weighted by Crippen LogP contribution is -2.32. The fourth-order valence-corrected chi connectivity index (χ4v) is 4.52. The molecule has 5 nitrogen and oxygen atoms in total. The van der Waals surface area contributed by atoms with Crippen molar-refractivity contribution in [1.82, 2.24) is 0 Å². The zero-order valence-electron chi connectivity index (χ0n) is 17.5. The van der Waals surface area contributed by atoms with E-state index in [0.29, 0.717) is 5.92 Å². The molecule has 0 saturated heterocycles. The molecule has 0 aromatic heterocycles. The van der Waals surface area contributed by atoms with Crippen molar-refractivity contribution in [3.05, 3.63) is 0 Å². The van der Waals surface area contributed by atoms with Gasteiger partial charge in [-0.25, -0.2) is 0 Å². The summed E-state index contributed by atoms with van der Waals surface area (Å²) < 4.78 is 0. The molecule has 0 atom stereocenters. The molecule has 0 unspecified atom stereocenters. The zero-order chi connectivity index (χ0) is 20.2. The molecule has 0 rings (SSSR count). The Morgan fingerprint density at radius 3 is 1.00 bits per heavy atom. The first-order valence-electron chi connectivity index (χ1n) is 11.2. The molecule has 0 bridgehead atoms. The maximum atomic E-state index is 9.25. The van der Waals surface area contributed by atoms with Crippen molar-refractivity contribution >= 4 is 0 Å². The Kier molecular flexibility index (Phi) is 19.0. The van der Waals surface area contributed by atoms with E-state index >= 15 is 0 Å². The first-order valence-corrected chi connectivity index (χ1v) is 11.2. The number of hydrogen-bond donors (Lipinski definition) is 5. The molecular weight excluding hydrogens is 344 g/mol. The van der Waals surface area contributed by atoms with Crippen LogP contribution >= 0.6 is 0 Å². The highest BCUT2D eigenvalue weighted by molar-refractivity contribution is 4.87. The summed E-state index contributed by atoms with van der Waals surface area (Å²) in [5, 5.41) is 46.2. The fourth-order valence-electron chi connectivity index (χ4n) is 4.52. The molecule has 0 heterocycles. The Bertz CT molecular complexity index is 262. The Morgan fingerprint density at radius 2 is 0.704 bits per heavy atom. The van der Waals surface area contributed by atoms with Crippen LogP contribution in [0.1, 0.15) is 96.3 Å². The topological polar surface area (TPSA) is 101 Å². The van der Waals surface area contributed by atoms with Gasteiger partial charge in [-0.05, 0) is 75.5 Å². The van der Waals surface area contributed by atoms with Crippen molar-refractivity contribution in [1.29, 1.82) is 0 Å². The molecule has 0 fully saturated rings. The number of rotatable bonds is 21. The molecule has 5 N–H and O–H groups in total. The van der Waals surface area contributed by atoms with Crippen LogP contribution in [0.2, 0.25) is 0 Å². The number of unbranched alkanes of at least 4 members (excludes halogenated alkanes) is 5. The van der Waals surface area contributed by atoms with Crippen molar-refractivity contribution < 1.29 is 25.5 Å². The van der Waals surface area contributed by atoms with Gasteiger partial charge in [-0.2, -0.15) is 0 Å². The van der Waals surface area contributed by atoms with Crippen molar-refractivity contribution in [3.63, 3.8) is 0 Å². The Labute approximate surface area is 166 Å². The summed E-state index contributed by atoms with van der Waals surface area (Å²) in [6.07, 6.45) is 14.6. The van der Waals surface area contributed by atoms with Crippen molar-refractivity contribution in [2.24, 2.45) is 11.3 Å². The van der Waals surface area contributed by atoms with E-state index in [4.69, 9.17) is 0 Å². The summed E-state index contributed by atoms with van der Waals surface area (Å²) in [6.45, 7) is 1.14. The first kappa shape index (κ1) is 26.8. The van der Waals surface area contributed by atoms with Crippen molar-refractivity contribution in [2.75, 3.05) is 33.0 Å². The van der Waals surface area contributed by atoms with Crippen molar-refractivity contribution in [2.45, 2.75) is 96.3 Å². The molecule has 5 heteroatoms. The molecule has 0 amide bonds. The Hall–Kier alpha value is -0.200.